The number of aryl methyl sites for hydroxylation is 1. The van der Waals surface area contributed by atoms with Gasteiger partial charge in [-0.05, 0) is 109 Å². The second-order valence-electron chi connectivity index (χ2n) is 18.6. The van der Waals surface area contributed by atoms with E-state index in [9.17, 15) is 0 Å². The minimum atomic E-state index is -2.37. The van der Waals surface area contributed by atoms with Crippen LogP contribution in [0.25, 0.3) is 94.0 Å². The molecule has 0 fully saturated rings. The van der Waals surface area contributed by atoms with Crippen molar-refractivity contribution in [3.63, 3.8) is 0 Å². The summed E-state index contributed by atoms with van der Waals surface area (Å²) in [6.07, 6.45) is 2.02. The van der Waals surface area contributed by atoms with Crippen molar-refractivity contribution in [2.75, 3.05) is 0 Å². The number of furan rings is 1. The maximum atomic E-state index is 8.65. The average molecular weight is 1060 g/mol. The van der Waals surface area contributed by atoms with Crippen molar-refractivity contribution < 1.29 is 28.6 Å². The average Bonchev–Trinajstić information content (AvgIpc) is 3.91. The van der Waals surface area contributed by atoms with E-state index < -0.39 is 14.9 Å². The van der Waals surface area contributed by atoms with Crippen LogP contribution in [0.3, 0.4) is 0 Å². The van der Waals surface area contributed by atoms with Crippen LogP contribution in [0.4, 0.5) is 0 Å². The van der Waals surface area contributed by atoms with Gasteiger partial charge in [0.25, 0.3) is 0 Å². The second-order valence-corrected chi connectivity index (χ2v) is 23.7. The van der Waals surface area contributed by atoms with Crippen molar-refractivity contribution in [3.8, 4) is 39.5 Å². The quantitative estimate of drug-likeness (QED) is 0.0908. The molecule has 11 aromatic rings. The number of pyridine rings is 1. The van der Waals surface area contributed by atoms with Crippen molar-refractivity contribution in [1.29, 1.82) is 0 Å². The number of hydrogen-bond donors (Lipinski definition) is 0. The van der Waals surface area contributed by atoms with Crippen LogP contribution in [0.2, 0.25) is 19.6 Å². The Morgan fingerprint density at radius 3 is 2.08 bits per heavy atom. The summed E-state index contributed by atoms with van der Waals surface area (Å²) in [6, 6.07) is 60.4. The molecule has 0 spiro atoms. The number of aromatic nitrogens is 3. The van der Waals surface area contributed by atoms with E-state index in [0.717, 1.165) is 66.3 Å². The molecule has 0 aliphatic carbocycles. The fourth-order valence-electron chi connectivity index (χ4n) is 9.09. The van der Waals surface area contributed by atoms with E-state index >= 15 is 0 Å². The number of fused-ring (bicyclic) bond motifs is 7. The zero-order valence-electron chi connectivity index (χ0n) is 41.3. The molecule has 0 saturated heterocycles. The largest absolute Gasteiger partial charge is 0.501 e. The number of para-hydroxylation sites is 1. The van der Waals surface area contributed by atoms with Gasteiger partial charge < -0.3 is 14.0 Å². The van der Waals surface area contributed by atoms with Gasteiger partial charge in [0, 0.05) is 41.5 Å². The molecule has 6 heteroatoms. The van der Waals surface area contributed by atoms with Gasteiger partial charge in [-0.3, -0.25) is 4.98 Å². The minimum absolute atomic E-state index is 0. The van der Waals surface area contributed by atoms with E-state index in [1.807, 2.05) is 54.7 Å². The maximum absolute atomic E-state index is 8.65. The zero-order chi connectivity index (χ0) is 47.5. The van der Waals surface area contributed by atoms with Gasteiger partial charge in [-0.15, -0.1) is 54.1 Å². The molecule has 0 saturated carbocycles. The van der Waals surface area contributed by atoms with E-state index in [1.165, 1.54) is 16.0 Å². The number of nitrogens with zero attached hydrogens (tertiary/aromatic N) is 3. The van der Waals surface area contributed by atoms with E-state index in [0.29, 0.717) is 28.0 Å². The molecule has 329 valence electrons. The number of imidazole rings is 1. The molecule has 0 bridgehead atoms. The summed E-state index contributed by atoms with van der Waals surface area (Å²) in [5.41, 5.74) is 11.1. The third-order valence-corrected chi connectivity index (χ3v) is 14.6. The third kappa shape index (κ3) is 8.23. The molecule has 8 aromatic carbocycles. The smallest absolute Gasteiger partial charge is 0.121 e. The molecule has 66 heavy (non-hydrogen) atoms. The molecular weight excluding hydrogens is 999 g/mol. The number of hydrogen-bond acceptors (Lipinski definition) is 3. The van der Waals surface area contributed by atoms with Crippen LogP contribution < -0.4 is 5.19 Å². The molecule has 0 N–H and O–H groups in total. The first-order valence-corrected chi connectivity index (χ1v) is 26.0. The summed E-state index contributed by atoms with van der Waals surface area (Å²) < 4.78 is 34.9. The fraction of sp³-hybridized carbons (Fsp3) is 0.167. The van der Waals surface area contributed by atoms with Crippen LogP contribution in [0.15, 0.2) is 168 Å². The summed E-state index contributed by atoms with van der Waals surface area (Å²) >= 11 is 0. The second kappa shape index (κ2) is 18.1. The van der Waals surface area contributed by atoms with Gasteiger partial charge in [0.2, 0.25) is 0 Å². The topological polar surface area (TPSA) is 43.9 Å². The molecule has 0 amide bonds. The molecule has 0 aliphatic rings. The van der Waals surface area contributed by atoms with E-state index in [2.05, 4.69) is 166 Å². The SMILES string of the molecule is C[Si](C)(C)c1ccc(-c2[c-]cccc2)nc1.[2H]C([2H])([2H])c1cccc2nc(-c3[c-]ccc4c3oc3cc5c(ccc6ccccc65)cc34)n(-c3c(C(C)C)cc(-c4ccccc4)cc3C(C)C)c12.[Ir]. The Bertz CT molecular complexity index is 3620. The van der Waals surface area contributed by atoms with Gasteiger partial charge >= 0.3 is 0 Å². The van der Waals surface area contributed by atoms with Gasteiger partial charge in [-0.1, -0.05) is 149 Å². The van der Waals surface area contributed by atoms with Crippen LogP contribution in [0.1, 0.15) is 60.3 Å². The Labute approximate surface area is 407 Å². The molecule has 0 atom stereocenters. The van der Waals surface area contributed by atoms with Crippen molar-refractivity contribution >= 4 is 67.8 Å². The van der Waals surface area contributed by atoms with Crippen LogP contribution >= 0.6 is 0 Å². The molecular formula is C60H53IrN3OSi-2. The third-order valence-electron chi connectivity index (χ3n) is 12.6. The van der Waals surface area contributed by atoms with Crippen LogP contribution in [0.5, 0.6) is 0 Å². The first-order valence-electron chi connectivity index (χ1n) is 24.0. The van der Waals surface area contributed by atoms with Crippen LogP contribution in [0, 0.1) is 19.0 Å². The molecule has 1 radical (unpaired) electrons. The summed E-state index contributed by atoms with van der Waals surface area (Å²) in [6.45, 7) is 13.4. The van der Waals surface area contributed by atoms with Gasteiger partial charge in [0.15, 0.2) is 0 Å². The monoisotopic (exact) mass is 1060 g/mol. The zero-order valence-corrected chi connectivity index (χ0v) is 41.7. The summed E-state index contributed by atoms with van der Waals surface area (Å²) in [4.78, 5) is 9.77. The van der Waals surface area contributed by atoms with Gasteiger partial charge in [-0.25, -0.2) is 0 Å². The van der Waals surface area contributed by atoms with E-state index in [4.69, 9.17) is 13.5 Å². The number of rotatable bonds is 7. The first kappa shape index (κ1) is 41.0. The molecule has 0 aliphatic heterocycles. The summed E-state index contributed by atoms with van der Waals surface area (Å²) in [7, 11) is -1.23. The summed E-state index contributed by atoms with van der Waals surface area (Å²) in [5.74, 6) is 0.840. The molecule has 4 nitrogen and oxygen atoms in total. The van der Waals surface area contributed by atoms with Crippen molar-refractivity contribution in [3.05, 3.63) is 193 Å². The van der Waals surface area contributed by atoms with Crippen molar-refractivity contribution in [2.45, 2.75) is 66.0 Å². The predicted octanol–water partition coefficient (Wildman–Crippen LogP) is 16.0. The van der Waals surface area contributed by atoms with Gasteiger partial charge in [0.1, 0.15) is 5.58 Å². The Morgan fingerprint density at radius 2 is 1.38 bits per heavy atom. The Balaban J connectivity index is 0.000000296. The molecule has 3 heterocycles. The first-order chi connectivity index (χ1) is 32.7. The Hall–Kier alpha value is -6.43. The van der Waals surface area contributed by atoms with Gasteiger partial charge in [-0.2, -0.15) is 0 Å². The maximum Gasteiger partial charge on any atom is 0.121 e. The predicted molar refractivity (Wildman–Crippen MR) is 277 cm³/mol. The number of benzene rings is 8. The van der Waals surface area contributed by atoms with E-state index in [1.54, 1.807) is 12.1 Å². The Kier molecular flexibility index (Phi) is 11.2. The fourth-order valence-corrected chi connectivity index (χ4v) is 10.1. The van der Waals surface area contributed by atoms with E-state index in [-0.39, 0.29) is 37.5 Å². The normalized spacial score (nSPS) is 12.7. The summed E-state index contributed by atoms with van der Waals surface area (Å²) in [5, 5.41) is 7.99. The van der Waals surface area contributed by atoms with Crippen LogP contribution in [-0.4, -0.2) is 22.6 Å². The van der Waals surface area contributed by atoms with Gasteiger partial charge in [0.05, 0.1) is 30.5 Å². The standard InChI is InChI=1S/C46H37N2O.C14H16NSi.Ir/c1-27(2)37-24-33(30-14-7-6-8-15-30)25-38(28(3)4)44(37)48-43-29(5)13-11-20-41(43)47-46(48)36-19-12-18-35-40-23-32-22-21-31-16-9-10-17-34(31)39(32)26-42(40)49-45(35)36;1-16(2,3)13-9-10-14(15-11-13)12-7-5-4-6-8-12;/h6-18,20-28H,1-5H3;4-7,9-11H,1-3H3;/q2*-1;/i5D3;;. The molecule has 0 unspecified atom stereocenters. The minimum Gasteiger partial charge on any atom is -0.501 e. The van der Waals surface area contributed by atoms with Crippen molar-refractivity contribution in [2.24, 2.45) is 0 Å². The van der Waals surface area contributed by atoms with Crippen molar-refractivity contribution in [1.82, 2.24) is 14.5 Å². The van der Waals surface area contributed by atoms with Crippen LogP contribution in [-0.2, 0) is 20.1 Å². The Morgan fingerprint density at radius 1 is 0.636 bits per heavy atom. The molecule has 3 aromatic heterocycles. The molecule has 11 rings (SSSR count).